The van der Waals surface area contributed by atoms with Gasteiger partial charge in [0.1, 0.15) is 0 Å². The molecule has 2 nitrogen and oxygen atoms in total. The maximum atomic E-state index is 3.42. The first-order chi connectivity index (χ1) is 10.9. The average molecular weight is 383 g/mol. The number of nitrogens with one attached hydrogen (secondary N) is 1. The zero-order valence-electron chi connectivity index (χ0n) is 16.2. The van der Waals surface area contributed by atoms with Crippen LogP contribution >= 0.6 is 24.8 Å². The van der Waals surface area contributed by atoms with Crippen LogP contribution in [0.4, 0.5) is 0 Å². The Balaban J connectivity index is 0. The molecule has 1 saturated heterocycles. The monoisotopic (exact) mass is 382 g/mol. The third kappa shape index (κ3) is 17.3. The van der Waals surface area contributed by atoms with Crippen LogP contribution in [0, 0.1) is 0 Å². The molecule has 1 N–H and O–H groups in total. The predicted octanol–water partition coefficient (Wildman–Crippen LogP) is 6.22. The lowest BCUT2D eigenvalue weighted by atomic mass is 10.0. The molecule has 1 aliphatic rings. The van der Waals surface area contributed by atoms with E-state index in [2.05, 4.69) is 17.1 Å². The standard InChI is InChI=1S/C20H42N2.2ClH/c1-2-3-4-5-6-7-8-9-10-11-12-13-14-15-18-22-19-16-21-17-20-22;;/h21H,2-20H2,1H3;2*1H. The molecule has 0 radical (unpaired) electrons. The Labute approximate surface area is 164 Å². The van der Waals surface area contributed by atoms with Crippen molar-refractivity contribution in [2.45, 2.75) is 96.8 Å². The molecule has 1 heterocycles. The highest BCUT2D eigenvalue weighted by Crippen LogP contribution is 2.13. The second-order valence-corrected chi connectivity index (χ2v) is 7.19. The highest BCUT2D eigenvalue weighted by molar-refractivity contribution is 5.85. The first-order valence-corrected chi connectivity index (χ1v) is 10.4. The first-order valence-electron chi connectivity index (χ1n) is 10.4. The van der Waals surface area contributed by atoms with E-state index in [1.54, 1.807) is 0 Å². The van der Waals surface area contributed by atoms with Crippen molar-refractivity contribution >= 4 is 24.8 Å². The molecule has 0 aliphatic carbocycles. The molecular formula is C20H44Cl2N2. The lowest BCUT2D eigenvalue weighted by Crippen LogP contribution is -2.43. The van der Waals surface area contributed by atoms with Gasteiger partial charge in [-0.05, 0) is 13.0 Å². The molecule has 1 rings (SSSR count). The molecule has 0 atom stereocenters. The average Bonchev–Trinajstić information content (AvgIpc) is 2.56. The van der Waals surface area contributed by atoms with Gasteiger partial charge in [-0.1, -0.05) is 90.4 Å². The molecule has 0 spiro atoms. The smallest absolute Gasteiger partial charge is 0.0107 e. The maximum absolute atomic E-state index is 3.42. The van der Waals surface area contributed by atoms with Gasteiger partial charge in [-0.25, -0.2) is 0 Å². The van der Waals surface area contributed by atoms with E-state index in [-0.39, 0.29) is 24.8 Å². The minimum atomic E-state index is 0. The van der Waals surface area contributed by atoms with E-state index >= 15 is 0 Å². The number of nitrogens with zero attached hydrogens (tertiary/aromatic N) is 1. The van der Waals surface area contributed by atoms with Gasteiger partial charge in [0.05, 0.1) is 0 Å². The molecule has 0 saturated carbocycles. The Morgan fingerprint density at radius 1 is 0.583 bits per heavy atom. The van der Waals surface area contributed by atoms with Crippen LogP contribution in [0.2, 0.25) is 0 Å². The SMILES string of the molecule is CCCCCCCCCCCCCCCCN1CCNCC1.Cl.Cl. The molecule has 0 unspecified atom stereocenters. The molecule has 0 bridgehead atoms. The fourth-order valence-corrected chi connectivity index (χ4v) is 3.46. The van der Waals surface area contributed by atoms with E-state index in [9.17, 15) is 0 Å². The van der Waals surface area contributed by atoms with Crippen molar-refractivity contribution in [1.82, 2.24) is 10.2 Å². The van der Waals surface area contributed by atoms with Crippen molar-refractivity contribution in [3.8, 4) is 0 Å². The zero-order chi connectivity index (χ0) is 15.7. The van der Waals surface area contributed by atoms with E-state index in [0.717, 1.165) is 0 Å². The van der Waals surface area contributed by atoms with Gasteiger partial charge in [0.2, 0.25) is 0 Å². The van der Waals surface area contributed by atoms with Crippen molar-refractivity contribution in [1.29, 1.82) is 0 Å². The van der Waals surface area contributed by atoms with Gasteiger partial charge in [-0.15, -0.1) is 24.8 Å². The van der Waals surface area contributed by atoms with E-state index in [0.29, 0.717) is 0 Å². The van der Waals surface area contributed by atoms with Crippen molar-refractivity contribution in [2.24, 2.45) is 0 Å². The minimum Gasteiger partial charge on any atom is -0.314 e. The van der Waals surface area contributed by atoms with Gasteiger partial charge in [-0.2, -0.15) is 0 Å². The topological polar surface area (TPSA) is 15.3 Å². The molecule has 0 aromatic rings. The van der Waals surface area contributed by atoms with Crippen molar-refractivity contribution in [3.05, 3.63) is 0 Å². The fraction of sp³-hybridized carbons (Fsp3) is 1.00. The summed E-state index contributed by atoms with van der Waals surface area (Å²) in [4.78, 5) is 2.62. The summed E-state index contributed by atoms with van der Waals surface area (Å²) >= 11 is 0. The highest BCUT2D eigenvalue weighted by atomic mass is 35.5. The van der Waals surface area contributed by atoms with Crippen LogP contribution < -0.4 is 5.32 Å². The Hall–Kier alpha value is 0.500. The van der Waals surface area contributed by atoms with Crippen LogP contribution in [0.3, 0.4) is 0 Å². The summed E-state index contributed by atoms with van der Waals surface area (Å²) in [5.74, 6) is 0. The second-order valence-electron chi connectivity index (χ2n) is 7.19. The molecule has 24 heavy (non-hydrogen) atoms. The predicted molar refractivity (Wildman–Crippen MR) is 114 cm³/mol. The Morgan fingerprint density at radius 3 is 1.38 bits per heavy atom. The third-order valence-electron chi connectivity index (χ3n) is 5.04. The van der Waals surface area contributed by atoms with E-state index in [4.69, 9.17) is 0 Å². The summed E-state index contributed by atoms with van der Waals surface area (Å²) in [7, 11) is 0. The van der Waals surface area contributed by atoms with Gasteiger partial charge in [0, 0.05) is 26.2 Å². The Morgan fingerprint density at radius 2 is 0.958 bits per heavy atom. The molecule has 4 heteroatoms. The lowest BCUT2D eigenvalue weighted by Gasteiger charge is -2.27. The van der Waals surface area contributed by atoms with Gasteiger partial charge in [0.25, 0.3) is 0 Å². The number of halogens is 2. The normalized spacial score (nSPS) is 14.9. The molecule has 1 aliphatic heterocycles. The Kier molecular flexibility index (Phi) is 24.0. The van der Waals surface area contributed by atoms with E-state index < -0.39 is 0 Å². The number of unbranched alkanes of at least 4 members (excludes halogenated alkanes) is 13. The van der Waals surface area contributed by atoms with Crippen LogP contribution in [0.5, 0.6) is 0 Å². The van der Waals surface area contributed by atoms with E-state index in [1.165, 1.54) is 123 Å². The second kappa shape index (κ2) is 21.5. The summed E-state index contributed by atoms with van der Waals surface area (Å²) in [5.41, 5.74) is 0. The summed E-state index contributed by atoms with van der Waals surface area (Å²) in [6.07, 6.45) is 20.4. The van der Waals surface area contributed by atoms with Gasteiger partial charge >= 0.3 is 0 Å². The molecule has 0 aromatic carbocycles. The Bertz CT molecular complexity index is 222. The maximum Gasteiger partial charge on any atom is 0.0107 e. The summed E-state index contributed by atoms with van der Waals surface area (Å²) in [6, 6.07) is 0. The van der Waals surface area contributed by atoms with Crippen LogP contribution in [-0.4, -0.2) is 37.6 Å². The zero-order valence-corrected chi connectivity index (χ0v) is 17.8. The quantitative estimate of drug-likeness (QED) is 0.338. The van der Waals surface area contributed by atoms with Crippen molar-refractivity contribution in [3.63, 3.8) is 0 Å². The number of rotatable bonds is 15. The largest absolute Gasteiger partial charge is 0.314 e. The number of hydrogen-bond donors (Lipinski definition) is 1. The van der Waals surface area contributed by atoms with Crippen LogP contribution in [0.1, 0.15) is 96.8 Å². The third-order valence-corrected chi connectivity index (χ3v) is 5.04. The molecule has 148 valence electrons. The van der Waals surface area contributed by atoms with Gasteiger partial charge in [0.15, 0.2) is 0 Å². The van der Waals surface area contributed by atoms with Crippen LogP contribution in [-0.2, 0) is 0 Å². The van der Waals surface area contributed by atoms with Crippen molar-refractivity contribution < 1.29 is 0 Å². The number of piperazine rings is 1. The van der Waals surface area contributed by atoms with Crippen LogP contribution in [0.25, 0.3) is 0 Å². The van der Waals surface area contributed by atoms with Gasteiger partial charge in [-0.3, -0.25) is 0 Å². The van der Waals surface area contributed by atoms with E-state index in [1.807, 2.05) is 0 Å². The first kappa shape index (κ1) is 26.7. The highest BCUT2D eigenvalue weighted by Gasteiger charge is 2.07. The number of hydrogen-bond acceptors (Lipinski definition) is 2. The summed E-state index contributed by atoms with van der Waals surface area (Å²) in [5, 5.41) is 3.42. The fourth-order valence-electron chi connectivity index (χ4n) is 3.46. The van der Waals surface area contributed by atoms with Crippen LogP contribution in [0.15, 0.2) is 0 Å². The minimum absolute atomic E-state index is 0. The molecule has 0 amide bonds. The summed E-state index contributed by atoms with van der Waals surface area (Å²) in [6.45, 7) is 8.54. The van der Waals surface area contributed by atoms with Crippen molar-refractivity contribution in [2.75, 3.05) is 32.7 Å². The van der Waals surface area contributed by atoms with Gasteiger partial charge < -0.3 is 10.2 Å². The molecule has 0 aromatic heterocycles. The summed E-state index contributed by atoms with van der Waals surface area (Å²) < 4.78 is 0. The molecular weight excluding hydrogens is 339 g/mol. The molecule has 1 fully saturated rings. The lowest BCUT2D eigenvalue weighted by molar-refractivity contribution is 0.236.